The lowest BCUT2D eigenvalue weighted by Crippen LogP contribution is -2.40. The SMILES string of the molecule is CC(NS(=O)(=O)c1ccc(CO)cc1F)C1CCOCC1. The minimum absolute atomic E-state index is 0.188. The van der Waals surface area contributed by atoms with Gasteiger partial charge < -0.3 is 9.84 Å². The van der Waals surface area contributed by atoms with Gasteiger partial charge in [0.05, 0.1) is 6.61 Å². The highest BCUT2D eigenvalue weighted by atomic mass is 32.2. The Morgan fingerprint density at radius 3 is 2.67 bits per heavy atom. The zero-order valence-electron chi connectivity index (χ0n) is 11.9. The van der Waals surface area contributed by atoms with Crippen LogP contribution in [-0.2, 0) is 21.4 Å². The van der Waals surface area contributed by atoms with Crippen molar-refractivity contribution in [3.63, 3.8) is 0 Å². The zero-order valence-corrected chi connectivity index (χ0v) is 12.7. The van der Waals surface area contributed by atoms with Crippen LogP contribution in [-0.4, -0.2) is 32.8 Å². The Bertz CT molecular complexity index is 585. The molecule has 1 atom stereocenters. The molecule has 5 nitrogen and oxygen atoms in total. The second-order valence-corrected chi connectivity index (χ2v) is 6.97. The highest BCUT2D eigenvalue weighted by Crippen LogP contribution is 2.22. The molecule has 1 aromatic carbocycles. The lowest BCUT2D eigenvalue weighted by molar-refractivity contribution is 0.0585. The molecule has 118 valence electrons. The van der Waals surface area contributed by atoms with Gasteiger partial charge >= 0.3 is 0 Å². The van der Waals surface area contributed by atoms with Crippen LogP contribution in [0.4, 0.5) is 4.39 Å². The molecule has 1 aliphatic heterocycles. The van der Waals surface area contributed by atoms with Crippen LogP contribution in [0.15, 0.2) is 23.1 Å². The summed E-state index contributed by atoms with van der Waals surface area (Å²) >= 11 is 0. The maximum atomic E-state index is 13.9. The number of rotatable bonds is 5. The van der Waals surface area contributed by atoms with Gasteiger partial charge in [0.15, 0.2) is 0 Å². The number of hydrogen-bond acceptors (Lipinski definition) is 4. The molecular formula is C14H20FNO4S. The van der Waals surface area contributed by atoms with Gasteiger partial charge in [-0.1, -0.05) is 6.07 Å². The van der Waals surface area contributed by atoms with E-state index in [1.54, 1.807) is 6.92 Å². The van der Waals surface area contributed by atoms with Crippen molar-refractivity contribution in [3.05, 3.63) is 29.6 Å². The quantitative estimate of drug-likeness (QED) is 0.861. The van der Waals surface area contributed by atoms with Gasteiger partial charge in [-0.3, -0.25) is 0 Å². The van der Waals surface area contributed by atoms with Gasteiger partial charge in [-0.15, -0.1) is 0 Å². The first-order valence-electron chi connectivity index (χ1n) is 6.93. The Hall–Kier alpha value is -1.02. The Morgan fingerprint density at radius 2 is 2.10 bits per heavy atom. The van der Waals surface area contributed by atoms with Crippen molar-refractivity contribution >= 4 is 10.0 Å². The van der Waals surface area contributed by atoms with Gasteiger partial charge in [0.1, 0.15) is 10.7 Å². The van der Waals surface area contributed by atoms with E-state index in [0.717, 1.165) is 18.9 Å². The van der Waals surface area contributed by atoms with E-state index in [0.29, 0.717) is 18.8 Å². The Labute approximate surface area is 124 Å². The molecule has 21 heavy (non-hydrogen) atoms. The lowest BCUT2D eigenvalue weighted by atomic mass is 9.94. The van der Waals surface area contributed by atoms with Crippen LogP contribution >= 0.6 is 0 Å². The Morgan fingerprint density at radius 1 is 1.43 bits per heavy atom. The zero-order chi connectivity index (χ0) is 15.5. The summed E-state index contributed by atoms with van der Waals surface area (Å²) in [5, 5.41) is 8.93. The monoisotopic (exact) mass is 317 g/mol. The number of ether oxygens (including phenoxy) is 1. The molecule has 0 aliphatic carbocycles. The predicted molar refractivity (Wildman–Crippen MR) is 75.6 cm³/mol. The van der Waals surface area contributed by atoms with E-state index >= 15 is 0 Å². The van der Waals surface area contributed by atoms with Gasteiger partial charge in [0, 0.05) is 19.3 Å². The van der Waals surface area contributed by atoms with Crippen LogP contribution in [0.5, 0.6) is 0 Å². The van der Waals surface area contributed by atoms with Crippen LogP contribution in [0.3, 0.4) is 0 Å². The fourth-order valence-electron chi connectivity index (χ4n) is 2.48. The molecule has 7 heteroatoms. The molecule has 1 saturated heterocycles. The number of aliphatic hydroxyl groups is 1. The van der Waals surface area contributed by atoms with E-state index < -0.39 is 20.7 Å². The van der Waals surface area contributed by atoms with Crippen LogP contribution in [0.25, 0.3) is 0 Å². The number of halogens is 1. The van der Waals surface area contributed by atoms with Crippen molar-refractivity contribution in [2.24, 2.45) is 5.92 Å². The van der Waals surface area contributed by atoms with Crippen LogP contribution < -0.4 is 4.72 Å². The van der Waals surface area contributed by atoms with E-state index in [1.165, 1.54) is 12.1 Å². The summed E-state index contributed by atoms with van der Waals surface area (Å²) in [6, 6.07) is 3.33. The van der Waals surface area contributed by atoms with Crippen molar-refractivity contribution in [2.75, 3.05) is 13.2 Å². The summed E-state index contributed by atoms with van der Waals surface area (Å²) in [6.07, 6.45) is 1.57. The number of aliphatic hydroxyl groups excluding tert-OH is 1. The summed E-state index contributed by atoms with van der Waals surface area (Å²) < 4.78 is 46.2. The molecule has 0 bridgehead atoms. The molecule has 1 aromatic rings. The maximum Gasteiger partial charge on any atom is 0.243 e. The average Bonchev–Trinajstić information content (AvgIpc) is 2.47. The average molecular weight is 317 g/mol. The first-order valence-corrected chi connectivity index (χ1v) is 8.41. The molecule has 0 spiro atoms. The fourth-order valence-corrected chi connectivity index (χ4v) is 3.85. The van der Waals surface area contributed by atoms with E-state index in [4.69, 9.17) is 9.84 Å². The summed E-state index contributed by atoms with van der Waals surface area (Å²) in [5.41, 5.74) is 0.337. The largest absolute Gasteiger partial charge is 0.392 e. The van der Waals surface area contributed by atoms with E-state index in [2.05, 4.69) is 4.72 Å². The highest BCUT2D eigenvalue weighted by Gasteiger charge is 2.27. The van der Waals surface area contributed by atoms with Gasteiger partial charge in [0.25, 0.3) is 0 Å². The standard InChI is InChI=1S/C14H20FNO4S/c1-10(12-4-6-20-7-5-12)16-21(18,19)14-3-2-11(9-17)8-13(14)15/h2-3,8,10,12,16-17H,4-7,9H2,1H3. The van der Waals surface area contributed by atoms with Crippen molar-refractivity contribution in [1.29, 1.82) is 0 Å². The minimum atomic E-state index is -3.91. The van der Waals surface area contributed by atoms with E-state index in [9.17, 15) is 12.8 Å². The van der Waals surface area contributed by atoms with Gasteiger partial charge in [0.2, 0.25) is 10.0 Å². The second kappa shape index (κ2) is 6.83. The van der Waals surface area contributed by atoms with Gasteiger partial charge in [-0.2, -0.15) is 0 Å². The first kappa shape index (κ1) is 16.4. The van der Waals surface area contributed by atoms with Crippen LogP contribution in [0, 0.1) is 11.7 Å². The third-order valence-corrected chi connectivity index (χ3v) is 5.37. The highest BCUT2D eigenvalue weighted by molar-refractivity contribution is 7.89. The molecule has 2 rings (SSSR count). The molecule has 2 N–H and O–H groups in total. The number of hydrogen-bond donors (Lipinski definition) is 2. The second-order valence-electron chi connectivity index (χ2n) is 5.28. The Kier molecular flexibility index (Phi) is 5.32. The van der Waals surface area contributed by atoms with Gasteiger partial charge in [-0.25, -0.2) is 17.5 Å². The predicted octanol–water partition coefficient (Wildman–Crippen LogP) is 1.41. The third kappa shape index (κ3) is 4.00. The van der Waals surface area contributed by atoms with E-state index in [1.807, 2.05) is 0 Å². The smallest absolute Gasteiger partial charge is 0.243 e. The van der Waals surface area contributed by atoms with Crippen molar-refractivity contribution in [2.45, 2.75) is 37.3 Å². The molecule has 1 aliphatic rings. The van der Waals surface area contributed by atoms with E-state index in [-0.39, 0.29) is 18.6 Å². The van der Waals surface area contributed by atoms with Crippen LogP contribution in [0.1, 0.15) is 25.3 Å². The molecule has 0 aromatic heterocycles. The minimum Gasteiger partial charge on any atom is -0.392 e. The number of nitrogens with one attached hydrogen (secondary N) is 1. The molecule has 1 unspecified atom stereocenters. The fraction of sp³-hybridized carbons (Fsp3) is 0.571. The number of benzene rings is 1. The molecule has 0 radical (unpaired) electrons. The topological polar surface area (TPSA) is 75.6 Å². The summed E-state index contributed by atoms with van der Waals surface area (Å²) in [5.74, 6) is -0.665. The molecule has 1 heterocycles. The maximum absolute atomic E-state index is 13.9. The third-order valence-electron chi connectivity index (χ3n) is 3.78. The molecule has 0 amide bonds. The van der Waals surface area contributed by atoms with Crippen molar-refractivity contribution in [3.8, 4) is 0 Å². The Balaban J connectivity index is 2.14. The summed E-state index contributed by atoms with van der Waals surface area (Å²) in [6.45, 7) is 2.70. The first-order chi connectivity index (χ1) is 9.94. The van der Waals surface area contributed by atoms with Gasteiger partial charge in [-0.05, 0) is 43.4 Å². The lowest BCUT2D eigenvalue weighted by Gasteiger charge is -2.28. The molecule has 0 saturated carbocycles. The van der Waals surface area contributed by atoms with Crippen molar-refractivity contribution in [1.82, 2.24) is 4.72 Å². The normalized spacial score (nSPS) is 18.6. The summed E-state index contributed by atoms with van der Waals surface area (Å²) in [4.78, 5) is -0.390. The molecular weight excluding hydrogens is 297 g/mol. The van der Waals surface area contributed by atoms with Crippen LogP contribution in [0.2, 0.25) is 0 Å². The van der Waals surface area contributed by atoms with Crippen molar-refractivity contribution < 1.29 is 22.7 Å². The number of sulfonamides is 1. The molecule has 1 fully saturated rings. The summed E-state index contributed by atoms with van der Waals surface area (Å²) in [7, 11) is -3.91.